The third kappa shape index (κ3) is 5.79. The second-order valence-corrected chi connectivity index (χ2v) is 9.38. The Hall–Kier alpha value is -3.28. The summed E-state index contributed by atoms with van der Waals surface area (Å²) in [7, 11) is 0. The summed E-state index contributed by atoms with van der Waals surface area (Å²) in [5.74, 6) is -0.541. The Morgan fingerprint density at radius 1 is 1.15 bits per heavy atom. The molecule has 4 aromatic rings. The molecule has 34 heavy (non-hydrogen) atoms. The largest absolute Gasteiger partial charge is 0.490 e. The fourth-order valence-corrected chi connectivity index (χ4v) is 4.59. The minimum absolute atomic E-state index is 0.0495. The highest BCUT2D eigenvalue weighted by Crippen LogP contribution is 2.28. The van der Waals surface area contributed by atoms with Crippen molar-refractivity contribution in [2.75, 3.05) is 17.7 Å². The number of anilines is 1. The summed E-state index contributed by atoms with van der Waals surface area (Å²) in [4.78, 5) is 25.1. The fourth-order valence-electron chi connectivity index (χ4n) is 2.82. The second-order valence-electron chi connectivity index (χ2n) is 6.74. The summed E-state index contributed by atoms with van der Waals surface area (Å²) >= 11 is 8.21. The van der Waals surface area contributed by atoms with E-state index in [2.05, 4.69) is 20.6 Å². The van der Waals surface area contributed by atoms with E-state index in [1.807, 2.05) is 0 Å². The number of rotatable bonds is 9. The first-order chi connectivity index (χ1) is 16.4. The van der Waals surface area contributed by atoms with E-state index in [9.17, 15) is 14.0 Å². The zero-order valence-corrected chi connectivity index (χ0v) is 20.1. The van der Waals surface area contributed by atoms with E-state index in [0.717, 1.165) is 11.3 Å². The van der Waals surface area contributed by atoms with Crippen molar-refractivity contribution in [3.8, 4) is 11.4 Å². The first-order valence-electron chi connectivity index (χ1n) is 9.97. The van der Waals surface area contributed by atoms with Crippen molar-refractivity contribution < 1.29 is 18.7 Å². The molecule has 0 radical (unpaired) electrons. The summed E-state index contributed by atoms with van der Waals surface area (Å²) in [6.07, 6.45) is 1.55. The number of carbonyl (C=O) groups is 2. The van der Waals surface area contributed by atoms with Gasteiger partial charge in [-0.3, -0.25) is 14.9 Å². The van der Waals surface area contributed by atoms with Crippen LogP contribution in [-0.2, 0) is 0 Å². The van der Waals surface area contributed by atoms with Crippen molar-refractivity contribution in [2.24, 2.45) is 0 Å². The quantitative estimate of drug-likeness (QED) is 0.186. The molecule has 174 valence electrons. The lowest BCUT2D eigenvalue weighted by atomic mass is 10.1. The molecule has 8 nitrogen and oxygen atoms in total. The molecular weight excluding hydrogens is 501 g/mol. The molecule has 0 saturated carbocycles. The summed E-state index contributed by atoms with van der Waals surface area (Å²) in [6, 6.07) is 12.3. The highest BCUT2D eigenvalue weighted by atomic mass is 35.5. The molecule has 0 fully saturated rings. The van der Waals surface area contributed by atoms with Crippen LogP contribution in [0, 0.1) is 5.82 Å². The highest BCUT2D eigenvalue weighted by molar-refractivity contribution is 8.01. The van der Waals surface area contributed by atoms with Crippen molar-refractivity contribution in [2.45, 2.75) is 11.3 Å². The predicted molar refractivity (Wildman–Crippen MR) is 129 cm³/mol. The van der Waals surface area contributed by atoms with Gasteiger partial charge in [0.25, 0.3) is 5.91 Å². The minimum atomic E-state index is -0.533. The predicted octanol–water partition coefficient (Wildman–Crippen LogP) is 5.14. The van der Waals surface area contributed by atoms with E-state index in [1.54, 1.807) is 49.5 Å². The Morgan fingerprint density at radius 2 is 1.88 bits per heavy atom. The van der Waals surface area contributed by atoms with Crippen LogP contribution in [0.1, 0.15) is 27.8 Å². The van der Waals surface area contributed by atoms with Crippen LogP contribution in [0.25, 0.3) is 5.69 Å². The monoisotopic (exact) mass is 517 g/mol. The Kier molecular flexibility index (Phi) is 7.56. The van der Waals surface area contributed by atoms with E-state index in [1.165, 1.54) is 28.6 Å². The number of halogens is 2. The van der Waals surface area contributed by atoms with Gasteiger partial charge in [-0.25, -0.2) is 9.07 Å². The second kappa shape index (κ2) is 10.8. The van der Waals surface area contributed by atoms with E-state index in [4.69, 9.17) is 16.3 Å². The van der Waals surface area contributed by atoms with Gasteiger partial charge in [0, 0.05) is 10.6 Å². The summed E-state index contributed by atoms with van der Waals surface area (Å²) in [6.45, 7) is 2.12. The van der Waals surface area contributed by atoms with Crippen molar-refractivity contribution in [3.63, 3.8) is 0 Å². The molecule has 0 bridgehead atoms. The first-order valence-corrected chi connectivity index (χ1v) is 12.2. The molecule has 0 unspecified atom stereocenters. The number of nitrogens with zero attached hydrogens (tertiary/aromatic N) is 4. The van der Waals surface area contributed by atoms with Crippen molar-refractivity contribution in [1.29, 1.82) is 0 Å². The molecule has 2 aromatic heterocycles. The number of Topliss-reactive ketones (excluding diaryl/α,β-unsaturated/α-hetero) is 1. The highest BCUT2D eigenvalue weighted by Gasteiger charge is 2.21. The van der Waals surface area contributed by atoms with Gasteiger partial charge in [0.05, 0.1) is 24.2 Å². The third-order valence-corrected chi connectivity index (χ3v) is 6.63. The maximum atomic E-state index is 13.2. The number of benzene rings is 2. The first kappa shape index (κ1) is 23.9. The minimum Gasteiger partial charge on any atom is -0.490 e. The summed E-state index contributed by atoms with van der Waals surface area (Å²) in [5, 5.41) is 15.7. The van der Waals surface area contributed by atoms with Gasteiger partial charge in [-0.15, -0.1) is 10.2 Å². The van der Waals surface area contributed by atoms with Gasteiger partial charge < -0.3 is 4.74 Å². The zero-order chi connectivity index (χ0) is 24.1. The molecule has 0 saturated heterocycles. The molecular formula is C22H17ClFN5O3S2. The molecule has 12 heteroatoms. The number of hydrogen-bond donors (Lipinski definition) is 1. The van der Waals surface area contributed by atoms with Crippen LogP contribution in [0.4, 0.5) is 9.52 Å². The number of thioether (sulfide) groups is 1. The van der Waals surface area contributed by atoms with E-state index in [-0.39, 0.29) is 33.9 Å². The molecule has 1 N–H and O–H groups in total. The van der Waals surface area contributed by atoms with E-state index in [0.29, 0.717) is 27.2 Å². The van der Waals surface area contributed by atoms with Gasteiger partial charge in [0.2, 0.25) is 5.13 Å². The molecule has 0 atom stereocenters. The van der Waals surface area contributed by atoms with Crippen LogP contribution in [0.5, 0.6) is 5.75 Å². The average molecular weight is 518 g/mol. The lowest BCUT2D eigenvalue weighted by molar-refractivity contribution is 0.101. The Balaban J connectivity index is 1.42. The fraction of sp³-hybridized carbons (Fsp3) is 0.136. The van der Waals surface area contributed by atoms with Gasteiger partial charge in [0.15, 0.2) is 21.6 Å². The Morgan fingerprint density at radius 3 is 2.59 bits per heavy atom. The van der Waals surface area contributed by atoms with Crippen molar-refractivity contribution in [1.82, 2.24) is 20.0 Å². The lowest BCUT2D eigenvalue weighted by Crippen LogP contribution is -2.14. The Bertz CT molecular complexity index is 1310. The van der Waals surface area contributed by atoms with Crippen LogP contribution < -0.4 is 10.1 Å². The summed E-state index contributed by atoms with van der Waals surface area (Å²) in [5.41, 5.74) is 1.17. The molecule has 4 rings (SSSR count). The number of hydrogen-bond acceptors (Lipinski definition) is 8. The van der Waals surface area contributed by atoms with Gasteiger partial charge in [-0.2, -0.15) is 5.10 Å². The molecule has 0 aliphatic heterocycles. The third-order valence-electron chi connectivity index (χ3n) is 4.41. The van der Waals surface area contributed by atoms with E-state index < -0.39 is 5.91 Å². The van der Waals surface area contributed by atoms with Gasteiger partial charge >= 0.3 is 0 Å². The van der Waals surface area contributed by atoms with Gasteiger partial charge in [-0.1, -0.05) is 34.7 Å². The standard InChI is InChI=1S/C22H17ClFN5O3S2/c1-2-32-18-11-29(16-9-7-15(24)8-10-16)28-19(18)20(31)25-21-26-27-22(34-21)33-12-17(30)13-3-5-14(23)6-4-13/h3-11H,2,12H2,1H3,(H,25,26,31). The van der Waals surface area contributed by atoms with Crippen molar-refractivity contribution in [3.05, 3.63) is 76.8 Å². The van der Waals surface area contributed by atoms with Crippen LogP contribution in [0.2, 0.25) is 5.02 Å². The van der Waals surface area contributed by atoms with Gasteiger partial charge in [-0.05, 0) is 55.5 Å². The van der Waals surface area contributed by atoms with E-state index >= 15 is 0 Å². The molecule has 0 spiro atoms. The SMILES string of the molecule is CCOc1cn(-c2ccc(F)cc2)nc1C(=O)Nc1nnc(SCC(=O)c2ccc(Cl)cc2)s1. The lowest BCUT2D eigenvalue weighted by Gasteiger charge is -2.02. The number of aromatic nitrogens is 4. The van der Waals surface area contributed by atoms with Gasteiger partial charge in [0.1, 0.15) is 5.82 Å². The van der Waals surface area contributed by atoms with Crippen LogP contribution in [0.15, 0.2) is 59.1 Å². The molecule has 0 aliphatic carbocycles. The average Bonchev–Trinajstić information content (AvgIpc) is 3.46. The van der Waals surface area contributed by atoms with Crippen LogP contribution >= 0.6 is 34.7 Å². The topological polar surface area (TPSA) is 99.0 Å². The normalized spacial score (nSPS) is 10.8. The van der Waals surface area contributed by atoms with Crippen LogP contribution in [0.3, 0.4) is 0 Å². The van der Waals surface area contributed by atoms with Crippen molar-refractivity contribution >= 4 is 51.5 Å². The zero-order valence-electron chi connectivity index (χ0n) is 17.7. The maximum Gasteiger partial charge on any atom is 0.281 e. The summed E-state index contributed by atoms with van der Waals surface area (Å²) < 4.78 is 20.7. The number of nitrogens with one attached hydrogen (secondary N) is 1. The molecule has 2 heterocycles. The molecule has 0 aliphatic rings. The number of ether oxygens (including phenoxy) is 1. The number of amides is 1. The van der Waals surface area contributed by atoms with Crippen LogP contribution in [-0.4, -0.2) is 44.0 Å². The maximum absolute atomic E-state index is 13.2. The smallest absolute Gasteiger partial charge is 0.281 e. The number of ketones is 1. The number of carbonyl (C=O) groups excluding carboxylic acids is 2. The molecule has 2 aromatic carbocycles. The Labute approximate surface area is 207 Å². The molecule has 1 amide bonds.